The van der Waals surface area contributed by atoms with Crippen molar-refractivity contribution in [2.45, 2.75) is 45.1 Å². The normalized spacial score (nSPS) is 31.3. The van der Waals surface area contributed by atoms with Crippen molar-refractivity contribution in [3.05, 3.63) is 28.5 Å². The van der Waals surface area contributed by atoms with Crippen LogP contribution in [0.15, 0.2) is 12.3 Å². The summed E-state index contributed by atoms with van der Waals surface area (Å²) in [5.41, 5.74) is 1.72. The van der Waals surface area contributed by atoms with Gasteiger partial charge < -0.3 is 16.0 Å². The number of hydrogen-bond donors (Lipinski definition) is 3. The Morgan fingerprint density at radius 3 is 2.48 bits per heavy atom. The fraction of sp³-hybridized carbons (Fsp3) is 0.714. The van der Waals surface area contributed by atoms with Gasteiger partial charge in [0.25, 0.3) is 5.91 Å². The van der Waals surface area contributed by atoms with Gasteiger partial charge in [-0.05, 0) is 74.8 Å². The van der Waals surface area contributed by atoms with Crippen molar-refractivity contribution in [3.63, 3.8) is 0 Å². The number of nitrogens with zero attached hydrogens (tertiary/aromatic N) is 1. The highest BCUT2D eigenvalue weighted by atomic mass is 35.5. The Labute approximate surface area is 167 Å². The Morgan fingerprint density at radius 2 is 1.85 bits per heavy atom. The van der Waals surface area contributed by atoms with Gasteiger partial charge in [-0.25, -0.2) is 0 Å². The molecule has 0 saturated heterocycles. The Balaban J connectivity index is 1.37. The summed E-state index contributed by atoms with van der Waals surface area (Å²) in [6.45, 7) is 3.18. The smallest absolute Gasteiger partial charge is 0.252 e. The topological polar surface area (TPSA) is 66.0 Å². The number of aromatic nitrogens is 1. The number of amides is 1. The van der Waals surface area contributed by atoms with Gasteiger partial charge in [0.2, 0.25) is 0 Å². The molecule has 0 aromatic carbocycles. The second-order valence-electron chi connectivity index (χ2n) is 9.04. The summed E-state index contributed by atoms with van der Waals surface area (Å²) in [6.07, 6.45) is 9.75. The summed E-state index contributed by atoms with van der Waals surface area (Å²) in [4.78, 5) is 17.2. The Bertz CT molecular complexity index is 657. The molecule has 148 valence electrons. The van der Waals surface area contributed by atoms with Crippen LogP contribution in [0.3, 0.4) is 0 Å². The molecule has 1 heterocycles. The molecule has 3 N–H and O–H groups in total. The molecule has 5 rings (SSSR count). The second-order valence-corrected chi connectivity index (χ2v) is 9.44. The summed E-state index contributed by atoms with van der Waals surface area (Å²) in [5.74, 6) is 2.63. The van der Waals surface area contributed by atoms with Crippen molar-refractivity contribution in [2.24, 2.45) is 23.2 Å². The maximum absolute atomic E-state index is 12.8. The van der Waals surface area contributed by atoms with Gasteiger partial charge in [-0.15, -0.1) is 0 Å². The first kappa shape index (κ1) is 19.2. The first-order chi connectivity index (χ1) is 13.1. The molecule has 0 radical (unpaired) electrons. The predicted molar refractivity (Wildman–Crippen MR) is 108 cm³/mol. The van der Waals surface area contributed by atoms with Gasteiger partial charge >= 0.3 is 0 Å². The van der Waals surface area contributed by atoms with Gasteiger partial charge in [-0.3, -0.25) is 9.78 Å². The van der Waals surface area contributed by atoms with Gasteiger partial charge in [0.1, 0.15) is 0 Å². The number of halogens is 1. The molecule has 4 saturated carbocycles. The molecule has 4 aliphatic carbocycles. The van der Waals surface area contributed by atoms with E-state index in [0.29, 0.717) is 22.5 Å². The van der Waals surface area contributed by atoms with Gasteiger partial charge in [-0.1, -0.05) is 11.6 Å². The van der Waals surface area contributed by atoms with Crippen molar-refractivity contribution >= 4 is 17.5 Å². The number of hydrogen-bond acceptors (Lipinski definition) is 4. The average molecular weight is 391 g/mol. The molecule has 1 amide bonds. The molecule has 27 heavy (non-hydrogen) atoms. The lowest BCUT2D eigenvalue weighted by molar-refractivity contribution is -0.0503. The van der Waals surface area contributed by atoms with Crippen LogP contribution in [0.4, 0.5) is 0 Å². The minimum atomic E-state index is -0.0605. The minimum Gasteiger partial charge on any atom is -0.351 e. The predicted octanol–water partition coefficient (Wildman–Crippen LogP) is 2.99. The Kier molecular flexibility index (Phi) is 5.72. The number of carbonyl (C=O) groups is 1. The van der Waals surface area contributed by atoms with Crippen molar-refractivity contribution in [1.82, 2.24) is 20.9 Å². The van der Waals surface area contributed by atoms with E-state index in [0.717, 1.165) is 43.1 Å². The first-order valence-electron chi connectivity index (χ1n) is 10.3. The summed E-state index contributed by atoms with van der Waals surface area (Å²) in [5, 5.41) is 10.1. The third kappa shape index (κ3) is 4.30. The maximum atomic E-state index is 12.8. The van der Waals surface area contributed by atoms with E-state index in [4.69, 9.17) is 11.6 Å². The largest absolute Gasteiger partial charge is 0.351 e. The molecule has 0 unspecified atom stereocenters. The Morgan fingerprint density at radius 1 is 1.19 bits per heavy atom. The molecule has 0 atom stereocenters. The SMILES string of the molecule is CNCCNCc1cc(C(=O)NCC23CC4CC(CC(C4)C2)C3)c(Cl)cn1. The number of nitrogens with one attached hydrogen (secondary N) is 3. The zero-order valence-corrected chi connectivity index (χ0v) is 16.9. The quantitative estimate of drug-likeness (QED) is 0.597. The lowest BCUT2D eigenvalue weighted by atomic mass is 9.49. The second kappa shape index (κ2) is 8.06. The highest BCUT2D eigenvalue weighted by Crippen LogP contribution is 2.59. The maximum Gasteiger partial charge on any atom is 0.252 e. The summed E-state index contributed by atoms with van der Waals surface area (Å²) < 4.78 is 0. The summed E-state index contributed by atoms with van der Waals surface area (Å²) in [7, 11) is 1.93. The van der Waals surface area contributed by atoms with Crippen molar-refractivity contribution in [3.8, 4) is 0 Å². The third-order valence-electron chi connectivity index (χ3n) is 6.80. The third-order valence-corrected chi connectivity index (χ3v) is 7.10. The van der Waals surface area contributed by atoms with Crippen molar-refractivity contribution in [2.75, 3.05) is 26.7 Å². The zero-order valence-electron chi connectivity index (χ0n) is 16.2. The van der Waals surface area contributed by atoms with Gasteiger partial charge in [0.15, 0.2) is 0 Å². The standard InChI is InChI=1S/C21H31ClN4O/c1-23-2-3-24-11-17-7-18(19(22)12-25-17)20(27)26-13-21-8-14-4-15(9-21)6-16(5-14)10-21/h7,12,14-16,23-24H,2-6,8-11,13H2,1H3,(H,26,27). The monoisotopic (exact) mass is 390 g/mol. The molecule has 4 fully saturated rings. The molecule has 4 aliphatic rings. The highest BCUT2D eigenvalue weighted by molar-refractivity contribution is 6.33. The molecular weight excluding hydrogens is 360 g/mol. The van der Waals surface area contributed by atoms with E-state index in [2.05, 4.69) is 20.9 Å². The van der Waals surface area contributed by atoms with Gasteiger partial charge in [-0.2, -0.15) is 0 Å². The van der Waals surface area contributed by atoms with E-state index in [1.54, 1.807) is 6.20 Å². The van der Waals surface area contributed by atoms with E-state index in [-0.39, 0.29) is 5.91 Å². The number of likely N-dealkylation sites (N-methyl/N-ethyl adjacent to an activating group) is 1. The molecular formula is C21H31ClN4O. The first-order valence-corrected chi connectivity index (χ1v) is 10.7. The van der Waals surface area contributed by atoms with Crippen LogP contribution in [0.25, 0.3) is 0 Å². The van der Waals surface area contributed by atoms with Crippen LogP contribution in [0.2, 0.25) is 5.02 Å². The van der Waals surface area contributed by atoms with E-state index in [1.807, 2.05) is 13.1 Å². The molecule has 1 aromatic rings. The van der Waals surface area contributed by atoms with E-state index in [1.165, 1.54) is 38.5 Å². The molecule has 0 aliphatic heterocycles. The lowest BCUT2D eigenvalue weighted by Gasteiger charge is -2.56. The van der Waals surface area contributed by atoms with E-state index < -0.39 is 0 Å². The van der Waals surface area contributed by atoms with Crippen molar-refractivity contribution in [1.29, 1.82) is 0 Å². The van der Waals surface area contributed by atoms with Crippen LogP contribution in [0.1, 0.15) is 54.6 Å². The fourth-order valence-corrected chi connectivity index (χ4v) is 6.24. The number of carbonyl (C=O) groups excluding carboxylic acids is 1. The summed E-state index contributed by atoms with van der Waals surface area (Å²) >= 11 is 6.28. The fourth-order valence-electron chi connectivity index (χ4n) is 6.05. The van der Waals surface area contributed by atoms with Crippen LogP contribution < -0.4 is 16.0 Å². The molecule has 4 bridgehead atoms. The molecule has 1 aromatic heterocycles. The molecule has 6 heteroatoms. The molecule has 5 nitrogen and oxygen atoms in total. The average Bonchev–Trinajstić information content (AvgIpc) is 2.63. The van der Waals surface area contributed by atoms with Gasteiger partial charge in [0, 0.05) is 32.4 Å². The molecule has 0 spiro atoms. The lowest BCUT2D eigenvalue weighted by Crippen LogP contribution is -2.51. The van der Waals surface area contributed by atoms with Crippen LogP contribution in [-0.4, -0.2) is 37.6 Å². The zero-order chi connectivity index (χ0) is 18.9. The van der Waals surface area contributed by atoms with Crippen LogP contribution >= 0.6 is 11.6 Å². The van der Waals surface area contributed by atoms with E-state index >= 15 is 0 Å². The van der Waals surface area contributed by atoms with Gasteiger partial charge in [0.05, 0.1) is 16.3 Å². The summed E-state index contributed by atoms with van der Waals surface area (Å²) in [6, 6.07) is 1.82. The minimum absolute atomic E-state index is 0.0605. The van der Waals surface area contributed by atoms with Crippen molar-refractivity contribution < 1.29 is 4.79 Å². The highest BCUT2D eigenvalue weighted by Gasteiger charge is 2.50. The van der Waals surface area contributed by atoms with Crippen LogP contribution in [0, 0.1) is 23.2 Å². The number of pyridine rings is 1. The van der Waals surface area contributed by atoms with Crippen LogP contribution in [0.5, 0.6) is 0 Å². The van der Waals surface area contributed by atoms with Crippen LogP contribution in [-0.2, 0) is 6.54 Å². The Hall–Kier alpha value is -1.17. The number of rotatable bonds is 8. The van der Waals surface area contributed by atoms with E-state index in [9.17, 15) is 4.79 Å².